The molecule has 120 valence electrons. The maximum absolute atomic E-state index is 11.3. The van der Waals surface area contributed by atoms with Crippen molar-refractivity contribution in [2.24, 2.45) is 5.92 Å². The number of carbonyl (C=O) groups excluding carboxylic acids is 1. The monoisotopic (exact) mass is 305 g/mol. The molecule has 0 radical (unpaired) electrons. The van der Waals surface area contributed by atoms with E-state index in [2.05, 4.69) is 17.4 Å². The van der Waals surface area contributed by atoms with Crippen LogP contribution in [0.3, 0.4) is 0 Å². The molecule has 22 heavy (non-hydrogen) atoms. The number of benzene rings is 1. The predicted molar refractivity (Wildman–Crippen MR) is 81.0 cm³/mol. The zero-order valence-electron chi connectivity index (χ0n) is 12.7. The molecule has 3 rings (SSSR count). The minimum Gasteiger partial charge on any atom is -0.390 e. The van der Waals surface area contributed by atoms with Gasteiger partial charge in [0.25, 0.3) is 0 Å². The van der Waals surface area contributed by atoms with E-state index in [4.69, 9.17) is 4.74 Å². The molecule has 1 saturated heterocycles. The van der Waals surface area contributed by atoms with Crippen LogP contribution in [0.25, 0.3) is 0 Å². The zero-order valence-corrected chi connectivity index (χ0v) is 12.7. The highest BCUT2D eigenvalue weighted by molar-refractivity contribution is 5.73. The third-order valence-electron chi connectivity index (χ3n) is 4.90. The van der Waals surface area contributed by atoms with Gasteiger partial charge in [-0.2, -0.15) is 0 Å². The molecule has 6 atom stereocenters. The van der Waals surface area contributed by atoms with E-state index in [1.165, 1.54) is 12.5 Å². The molecular formula is C17H23NO4. The number of fused-ring (bicyclic) bond motifs is 1. The highest BCUT2D eigenvalue weighted by Gasteiger charge is 2.47. The first kappa shape index (κ1) is 15.5. The summed E-state index contributed by atoms with van der Waals surface area (Å²) in [5, 5.41) is 23.2. The molecule has 2 aliphatic rings. The zero-order chi connectivity index (χ0) is 15.7. The van der Waals surface area contributed by atoms with Crippen LogP contribution in [-0.4, -0.2) is 40.7 Å². The maximum atomic E-state index is 11.3. The number of aliphatic hydroxyl groups excluding tert-OH is 2. The van der Waals surface area contributed by atoms with E-state index in [1.54, 1.807) is 0 Å². The van der Waals surface area contributed by atoms with Gasteiger partial charge in [0.15, 0.2) is 6.29 Å². The minimum atomic E-state index is -1.14. The van der Waals surface area contributed by atoms with Gasteiger partial charge in [0.2, 0.25) is 5.91 Å². The van der Waals surface area contributed by atoms with E-state index in [-0.39, 0.29) is 17.9 Å². The lowest BCUT2D eigenvalue weighted by atomic mass is 9.71. The first-order valence-corrected chi connectivity index (χ1v) is 7.90. The number of rotatable bonds is 2. The third kappa shape index (κ3) is 3.02. The van der Waals surface area contributed by atoms with Crippen molar-refractivity contribution >= 4 is 5.91 Å². The number of hydrogen-bond donors (Lipinski definition) is 3. The predicted octanol–water partition coefficient (Wildman–Crippen LogP) is 1.15. The van der Waals surface area contributed by atoms with Crippen molar-refractivity contribution in [2.75, 3.05) is 0 Å². The van der Waals surface area contributed by atoms with Gasteiger partial charge in [-0.1, -0.05) is 30.3 Å². The van der Waals surface area contributed by atoms with Crippen molar-refractivity contribution < 1.29 is 19.7 Å². The summed E-state index contributed by atoms with van der Waals surface area (Å²) in [6.45, 7) is 1.37. The molecule has 0 spiro atoms. The highest BCUT2D eigenvalue weighted by atomic mass is 16.6. The Hall–Kier alpha value is -1.43. The van der Waals surface area contributed by atoms with E-state index in [1.807, 2.05) is 18.2 Å². The molecule has 0 aromatic heterocycles. The molecule has 1 heterocycles. The SMILES string of the molecule is CC(=O)N[C@@H]1[C@@H](O)[C@@H]2C[C@H](c3ccccc3)CC[C@@H]2O[C@@H]1O. The van der Waals surface area contributed by atoms with Gasteiger partial charge in [-0.3, -0.25) is 4.79 Å². The smallest absolute Gasteiger partial charge is 0.217 e. The first-order valence-electron chi connectivity index (χ1n) is 7.90. The number of amides is 1. The Morgan fingerprint density at radius 1 is 1.23 bits per heavy atom. The topological polar surface area (TPSA) is 78.8 Å². The first-order chi connectivity index (χ1) is 10.6. The fourth-order valence-electron chi connectivity index (χ4n) is 3.82. The van der Waals surface area contributed by atoms with E-state index in [9.17, 15) is 15.0 Å². The van der Waals surface area contributed by atoms with E-state index >= 15 is 0 Å². The van der Waals surface area contributed by atoms with Gasteiger partial charge in [-0.15, -0.1) is 0 Å². The second-order valence-electron chi connectivity index (χ2n) is 6.37. The number of hydrogen-bond acceptors (Lipinski definition) is 4. The second-order valence-corrected chi connectivity index (χ2v) is 6.37. The Kier molecular flexibility index (Phi) is 4.47. The van der Waals surface area contributed by atoms with Crippen LogP contribution in [-0.2, 0) is 9.53 Å². The summed E-state index contributed by atoms with van der Waals surface area (Å²) in [4.78, 5) is 11.3. The van der Waals surface area contributed by atoms with Gasteiger partial charge in [0.1, 0.15) is 6.04 Å². The summed E-state index contributed by atoms with van der Waals surface area (Å²) in [6.07, 6.45) is 0.520. The molecule has 0 bridgehead atoms. The number of ether oxygens (including phenoxy) is 1. The summed E-state index contributed by atoms with van der Waals surface area (Å²) in [5.74, 6) is 0.0358. The normalized spacial score (nSPS) is 38.1. The van der Waals surface area contributed by atoms with Crippen molar-refractivity contribution in [3.05, 3.63) is 35.9 Å². The van der Waals surface area contributed by atoms with Crippen molar-refractivity contribution in [3.8, 4) is 0 Å². The van der Waals surface area contributed by atoms with Crippen LogP contribution >= 0.6 is 0 Å². The van der Waals surface area contributed by atoms with Crippen LogP contribution in [0.15, 0.2) is 30.3 Å². The van der Waals surface area contributed by atoms with Crippen molar-refractivity contribution in [1.82, 2.24) is 5.32 Å². The van der Waals surface area contributed by atoms with Crippen LogP contribution in [0.5, 0.6) is 0 Å². The average Bonchev–Trinajstić information content (AvgIpc) is 2.52. The van der Waals surface area contributed by atoms with E-state index in [0.29, 0.717) is 5.92 Å². The van der Waals surface area contributed by atoms with Gasteiger partial charge < -0.3 is 20.3 Å². The van der Waals surface area contributed by atoms with Gasteiger partial charge in [-0.25, -0.2) is 0 Å². The van der Waals surface area contributed by atoms with Crippen molar-refractivity contribution in [3.63, 3.8) is 0 Å². The fraction of sp³-hybridized carbons (Fsp3) is 0.588. The lowest BCUT2D eigenvalue weighted by Gasteiger charge is -2.47. The summed E-state index contributed by atoms with van der Waals surface area (Å²) >= 11 is 0. The molecule has 0 unspecified atom stereocenters. The van der Waals surface area contributed by atoms with Gasteiger partial charge in [0, 0.05) is 12.8 Å². The van der Waals surface area contributed by atoms with E-state index in [0.717, 1.165) is 19.3 Å². The van der Waals surface area contributed by atoms with Crippen molar-refractivity contribution in [2.45, 2.75) is 56.6 Å². The van der Waals surface area contributed by atoms with Crippen LogP contribution in [0.1, 0.15) is 37.7 Å². The number of carbonyl (C=O) groups is 1. The Bertz CT molecular complexity index is 521. The molecule has 1 aliphatic heterocycles. The molecule has 1 amide bonds. The van der Waals surface area contributed by atoms with Crippen LogP contribution in [0.2, 0.25) is 0 Å². The molecule has 5 heteroatoms. The number of nitrogens with one attached hydrogen (secondary N) is 1. The third-order valence-corrected chi connectivity index (χ3v) is 4.90. The van der Waals surface area contributed by atoms with Gasteiger partial charge in [0.05, 0.1) is 12.2 Å². The molecular weight excluding hydrogens is 282 g/mol. The molecule has 1 aromatic rings. The lowest BCUT2D eigenvalue weighted by Crippen LogP contribution is -2.61. The molecule has 1 saturated carbocycles. The summed E-state index contributed by atoms with van der Waals surface area (Å²) < 4.78 is 5.64. The Balaban J connectivity index is 1.75. The minimum absolute atomic E-state index is 0.0702. The molecule has 2 fully saturated rings. The summed E-state index contributed by atoms with van der Waals surface area (Å²) in [6, 6.07) is 9.52. The average molecular weight is 305 g/mol. The Morgan fingerprint density at radius 2 is 1.95 bits per heavy atom. The van der Waals surface area contributed by atoms with Gasteiger partial charge >= 0.3 is 0 Å². The second kappa shape index (κ2) is 6.36. The standard InChI is InChI=1S/C17H23NO4/c1-10(19)18-15-16(20)13-9-12(11-5-3-2-4-6-11)7-8-14(13)22-17(15)21/h2-6,12-17,20-21H,7-9H2,1H3,(H,18,19)/t12-,13-,14+,15-,16+,17+/m1/s1. The Labute approximate surface area is 130 Å². The lowest BCUT2D eigenvalue weighted by molar-refractivity contribution is -0.239. The van der Waals surface area contributed by atoms with Crippen LogP contribution in [0.4, 0.5) is 0 Å². The quantitative estimate of drug-likeness (QED) is 0.766. The van der Waals surface area contributed by atoms with Crippen LogP contribution in [0, 0.1) is 5.92 Å². The fourth-order valence-corrected chi connectivity index (χ4v) is 3.82. The van der Waals surface area contributed by atoms with E-state index < -0.39 is 18.4 Å². The highest BCUT2D eigenvalue weighted by Crippen LogP contribution is 2.42. The molecule has 5 nitrogen and oxygen atoms in total. The molecule has 3 N–H and O–H groups in total. The van der Waals surface area contributed by atoms with Crippen molar-refractivity contribution in [1.29, 1.82) is 0 Å². The van der Waals surface area contributed by atoms with Crippen LogP contribution < -0.4 is 5.32 Å². The molecule has 1 aliphatic carbocycles. The number of aliphatic hydroxyl groups is 2. The Morgan fingerprint density at radius 3 is 2.64 bits per heavy atom. The summed E-state index contributed by atoms with van der Waals surface area (Å²) in [7, 11) is 0. The molecule has 1 aromatic carbocycles. The summed E-state index contributed by atoms with van der Waals surface area (Å²) in [5.41, 5.74) is 1.27. The van der Waals surface area contributed by atoms with Gasteiger partial charge in [-0.05, 0) is 30.7 Å². The largest absolute Gasteiger partial charge is 0.390 e. The maximum Gasteiger partial charge on any atom is 0.217 e.